The van der Waals surface area contributed by atoms with Gasteiger partial charge in [0, 0.05) is 0 Å². The molecule has 0 aromatic heterocycles. The molecule has 0 aliphatic carbocycles. The van der Waals surface area contributed by atoms with Crippen molar-refractivity contribution < 1.29 is 24.0 Å². The Morgan fingerprint density at radius 3 is 1.91 bits per heavy atom. The molecular weight excluding hydrogens is 263 g/mol. The summed E-state index contributed by atoms with van der Waals surface area (Å²) in [6.07, 6.45) is 0. The van der Waals surface area contributed by atoms with E-state index in [-0.39, 0.29) is 24.6 Å². The second-order valence-electron chi connectivity index (χ2n) is 5.19. The number of hydrogen-bond donors (Lipinski definition) is 0. The molecule has 4 aromatic carbocycles. The number of benzene rings is 4. The van der Waals surface area contributed by atoms with E-state index in [2.05, 4.69) is 18.2 Å². The number of fused-ring (bicyclic) bond motifs is 2. The third-order valence-electron chi connectivity index (χ3n) is 3.95. The molecule has 0 heterocycles. The van der Waals surface area contributed by atoms with Gasteiger partial charge in [-0.25, -0.2) is 0 Å². The van der Waals surface area contributed by atoms with Crippen molar-refractivity contribution in [3.05, 3.63) is 78.9 Å². The van der Waals surface area contributed by atoms with E-state index in [1.54, 1.807) is 6.07 Å². The summed E-state index contributed by atoms with van der Waals surface area (Å²) in [5.74, 6) is 0.0741. The van der Waals surface area contributed by atoms with Crippen molar-refractivity contribution in [2.75, 3.05) is 0 Å². The molecular formula is C20H13LiO. The molecule has 1 nitrogen and oxygen atoms in total. The van der Waals surface area contributed by atoms with E-state index in [4.69, 9.17) is 0 Å². The molecule has 4 rings (SSSR count). The zero-order chi connectivity index (χ0) is 14.2. The molecule has 0 N–H and O–H groups in total. The minimum absolute atomic E-state index is 0. The summed E-state index contributed by atoms with van der Waals surface area (Å²) < 4.78 is 0. The first-order chi connectivity index (χ1) is 10.3. The Morgan fingerprint density at radius 2 is 1.14 bits per heavy atom. The van der Waals surface area contributed by atoms with Crippen molar-refractivity contribution in [2.45, 2.75) is 0 Å². The van der Waals surface area contributed by atoms with Crippen LogP contribution in [0.4, 0.5) is 0 Å². The Bertz CT molecular complexity index is 955. The third kappa shape index (κ3) is 2.29. The summed E-state index contributed by atoms with van der Waals surface area (Å²) in [4.78, 5) is 0. The van der Waals surface area contributed by atoms with E-state index >= 15 is 0 Å². The van der Waals surface area contributed by atoms with E-state index < -0.39 is 0 Å². The molecule has 0 aliphatic heterocycles. The molecule has 2 heteroatoms. The van der Waals surface area contributed by atoms with Crippen LogP contribution < -0.4 is 24.0 Å². The predicted octanol–water partition coefficient (Wildman–Crippen LogP) is 1.74. The predicted molar refractivity (Wildman–Crippen MR) is 86.3 cm³/mol. The minimum Gasteiger partial charge on any atom is -0.872 e. The zero-order valence-corrected chi connectivity index (χ0v) is 12.4. The summed E-state index contributed by atoms with van der Waals surface area (Å²) >= 11 is 0. The van der Waals surface area contributed by atoms with Gasteiger partial charge in [-0.2, -0.15) is 0 Å². The van der Waals surface area contributed by atoms with Crippen LogP contribution in [-0.4, -0.2) is 0 Å². The molecule has 0 aliphatic rings. The Labute approximate surface area is 141 Å². The molecule has 22 heavy (non-hydrogen) atoms. The molecule has 0 radical (unpaired) electrons. The van der Waals surface area contributed by atoms with E-state index in [1.165, 1.54) is 0 Å². The summed E-state index contributed by atoms with van der Waals surface area (Å²) in [6.45, 7) is 0. The van der Waals surface area contributed by atoms with Gasteiger partial charge in [-0.15, -0.1) is 5.75 Å². The monoisotopic (exact) mass is 276 g/mol. The maximum absolute atomic E-state index is 12.5. The second-order valence-corrected chi connectivity index (χ2v) is 5.19. The zero-order valence-electron chi connectivity index (χ0n) is 12.4. The smallest absolute Gasteiger partial charge is 0.872 e. The van der Waals surface area contributed by atoms with Crippen molar-refractivity contribution in [3.63, 3.8) is 0 Å². The van der Waals surface area contributed by atoms with Gasteiger partial charge in [0.1, 0.15) is 0 Å². The van der Waals surface area contributed by atoms with Crippen molar-refractivity contribution in [1.82, 2.24) is 0 Å². The molecule has 0 amide bonds. The largest absolute Gasteiger partial charge is 1.00 e. The number of rotatable bonds is 1. The van der Waals surface area contributed by atoms with Crippen LogP contribution in [0, 0.1) is 0 Å². The van der Waals surface area contributed by atoms with Gasteiger partial charge in [0.05, 0.1) is 0 Å². The van der Waals surface area contributed by atoms with Crippen LogP contribution in [0.2, 0.25) is 0 Å². The molecule has 0 unspecified atom stereocenters. The van der Waals surface area contributed by atoms with Gasteiger partial charge in [0.2, 0.25) is 0 Å². The maximum Gasteiger partial charge on any atom is 1.00 e. The molecule has 0 fully saturated rings. The second kappa shape index (κ2) is 5.89. The summed E-state index contributed by atoms with van der Waals surface area (Å²) in [7, 11) is 0. The normalized spacial score (nSPS) is 10.5. The number of hydrogen-bond acceptors (Lipinski definition) is 1. The Morgan fingerprint density at radius 1 is 0.545 bits per heavy atom. The van der Waals surface area contributed by atoms with Gasteiger partial charge in [-0.05, 0) is 32.7 Å². The van der Waals surface area contributed by atoms with E-state index in [1.807, 2.05) is 54.6 Å². The first kappa shape index (κ1) is 14.7. The van der Waals surface area contributed by atoms with Gasteiger partial charge in [-0.3, -0.25) is 0 Å². The summed E-state index contributed by atoms with van der Waals surface area (Å²) in [5, 5.41) is 16.9. The molecule has 4 aromatic rings. The van der Waals surface area contributed by atoms with Gasteiger partial charge in [0.15, 0.2) is 0 Å². The van der Waals surface area contributed by atoms with Crippen LogP contribution in [0.25, 0.3) is 32.7 Å². The van der Waals surface area contributed by atoms with E-state index in [0.29, 0.717) is 0 Å². The Balaban J connectivity index is 0.00000144. The Hall–Kier alpha value is -2.20. The molecule has 0 spiro atoms. The topological polar surface area (TPSA) is 23.1 Å². The van der Waals surface area contributed by atoms with Gasteiger partial charge < -0.3 is 5.11 Å². The average Bonchev–Trinajstić information content (AvgIpc) is 2.54. The van der Waals surface area contributed by atoms with E-state index in [0.717, 1.165) is 32.7 Å². The quantitative estimate of drug-likeness (QED) is 0.486. The average molecular weight is 276 g/mol. The molecule has 0 atom stereocenters. The third-order valence-corrected chi connectivity index (χ3v) is 3.95. The molecule has 0 saturated heterocycles. The first-order valence-corrected chi connectivity index (χ1v) is 7.01. The van der Waals surface area contributed by atoms with Crippen LogP contribution in [0.15, 0.2) is 78.9 Å². The molecule has 0 saturated carbocycles. The maximum atomic E-state index is 12.5. The SMILES string of the molecule is [Li+].[O-]c1ccc2ccccc2c1-c1cccc2ccccc12. The summed E-state index contributed by atoms with van der Waals surface area (Å²) in [5.41, 5.74) is 1.81. The van der Waals surface area contributed by atoms with Crippen LogP contribution in [0.5, 0.6) is 5.75 Å². The van der Waals surface area contributed by atoms with Crippen LogP contribution >= 0.6 is 0 Å². The van der Waals surface area contributed by atoms with Crippen molar-refractivity contribution >= 4 is 21.5 Å². The molecule has 100 valence electrons. The van der Waals surface area contributed by atoms with Crippen LogP contribution in [-0.2, 0) is 0 Å². The van der Waals surface area contributed by atoms with Gasteiger partial charge >= 0.3 is 18.9 Å². The standard InChI is InChI=1S/C20H14O.Li/c21-19-13-12-15-7-2-4-10-17(15)20(19)18-11-5-8-14-6-1-3-9-16(14)18;/h1-13,21H;/q;+1/p-1. The summed E-state index contributed by atoms with van der Waals surface area (Å²) in [6, 6.07) is 25.9. The van der Waals surface area contributed by atoms with Crippen molar-refractivity contribution in [3.8, 4) is 16.9 Å². The van der Waals surface area contributed by atoms with Gasteiger partial charge in [-0.1, -0.05) is 78.9 Å². The Kier molecular flexibility index (Phi) is 3.94. The van der Waals surface area contributed by atoms with Crippen LogP contribution in [0.3, 0.4) is 0 Å². The van der Waals surface area contributed by atoms with E-state index in [9.17, 15) is 5.11 Å². The fraction of sp³-hybridized carbons (Fsp3) is 0. The fourth-order valence-electron chi connectivity index (χ4n) is 2.97. The first-order valence-electron chi connectivity index (χ1n) is 7.01. The minimum atomic E-state index is 0. The van der Waals surface area contributed by atoms with Crippen molar-refractivity contribution in [1.29, 1.82) is 0 Å². The fourth-order valence-corrected chi connectivity index (χ4v) is 2.97. The van der Waals surface area contributed by atoms with Crippen molar-refractivity contribution in [2.24, 2.45) is 0 Å². The van der Waals surface area contributed by atoms with Gasteiger partial charge in [0.25, 0.3) is 0 Å². The van der Waals surface area contributed by atoms with Crippen LogP contribution in [0.1, 0.15) is 0 Å². The molecule has 0 bridgehead atoms.